The standard InChI is InChI=1S/C23H32N6O7/c24-18(30)9-8-15(21(33)29-17(23(35)36)12-19(25)31)27-22(34)16(11-13-5-2-1-3-6-13)28-20(32)14-7-4-10-26-14/h1-3,5-6,14-17,26H,4,7-12H2,(H2,24,30)(H2,25,31)(H,27,34)(H,28,32)(H,29,33)(H,35,36). The first-order chi connectivity index (χ1) is 17.1. The van der Waals surface area contributed by atoms with Crippen molar-refractivity contribution < 1.29 is 33.9 Å². The second kappa shape index (κ2) is 13.8. The summed E-state index contributed by atoms with van der Waals surface area (Å²) in [6.45, 7) is 0.680. The van der Waals surface area contributed by atoms with Crippen LogP contribution in [0.2, 0.25) is 0 Å². The van der Waals surface area contributed by atoms with Crippen LogP contribution in [0.25, 0.3) is 0 Å². The maximum atomic E-state index is 13.2. The van der Waals surface area contributed by atoms with Gasteiger partial charge in [-0.05, 0) is 31.4 Å². The normalized spacial score (nSPS) is 17.3. The zero-order valence-electron chi connectivity index (χ0n) is 19.7. The fourth-order valence-electron chi connectivity index (χ4n) is 3.74. The molecule has 196 valence electrons. The van der Waals surface area contributed by atoms with Crippen LogP contribution in [0.5, 0.6) is 0 Å². The summed E-state index contributed by atoms with van der Waals surface area (Å²) in [5.41, 5.74) is 11.0. The van der Waals surface area contributed by atoms with Crippen molar-refractivity contribution in [1.29, 1.82) is 0 Å². The highest BCUT2D eigenvalue weighted by molar-refractivity contribution is 5.95. The molecule has 4 unspecified atom stereocenters. The molecule has 13 nitrogen and oxygen atoms in total. The SMILES string of the molecule is NC(=O)CCC(NC(=O)C(Cc1ccccc1)NC(=O)C1CCCN1)C(=O)NC(CC(N)=O)C(=O)O. The Morgan fingerprint density at radius 1 is 0.917 bits per heavy atom. The van der Waals surface area contributed by atoms with E-state index in [9.17, 15) is 33.9 Å². The summed E-state index contributed by atoms with van der Waals surface area (Å²) in [6.07, 6.45) is 0.373. The number of amides is 5. The van der Waals surface area contributed by atoms with Crippen LogP contribution >= 0.6 is 0 Å². The molecule has 0 aromatic heterocycles. The van der Waals surface area contributed by atoms with Gasteiger partial charge in [0.2, 0.25) is 29.5 Å². The fraction of sp³-hybridized carbons (Fsp3) is 0.478. The number of benzene rings is 1. The van der Waals surface area contributed by atoms with Crippen LogP contribution in [0.15, 0.2) is 30.3 Å². The maximum absolute atomic E-state index is 13.2. The van der Waals surface area contributed by atoms with Gasteiger partial charge in [-0.2, -0.15) is 0 Å². The van der Waals surface area contributed by atoms with Crippen LogP contribution < -0.4 is 32.7 Å². The molecule has 13 heteroatoms. The zero-order chi connectivity index (χ0) is 26.7. The Morgan fingerprint density at radius 3 is 2.11 bits per heavy atom. The molecule has 0 bridgehead atoms. The minimum Gasteiger partial charge on any atom is -0.480 e. The molecule has 4 atom stereocenters. The molecule has 2 rings (SSSR count). The van der Waals surface area contributed by atoms with Crippen LogP contribution in [0.3, 0.4) is 0 Å². The highest BCUT2D eigenvalue weighted by atomic mass is 16.4. The van der Waals surface area contributed by atoms with Gasteiger partial charge in [0.05, 0.1) is 12.5 Å². The van der Waals surface area contributed by atoms with Gasteiger partial charge in [-0.25, -0.2) is 4.79 Å². The van der Waals surface area contributed by atoms with E-state index in [2.05, 4.69) is 21.3 Å². The average molecular weight is 505 g/mol. The topological polar surface area (TPSA) is 223 Å². The Balaban J connectivity index is 2.20. The quantitative estimate of drug-likeness (QED) is 0.145. The third-order valence-corrected chi connectivity index (χ3v) is 5.62. The van der Waals surface area contributed by atoms with Crippen molar-refractivity contribution in [2.24, 2.45) is 11.5 Å². The largest absolute Gasteiger partial charge is 0.480 e. The molecule has 1 saturated heterocycles. The highest BCUT2D eigenvalue weighted by Gasteiger charge is 2.32. The van der Waals surface area contributed by atoms with E-state index in [4.69, 9.17) is 11.5 Å². The van der Waals surface area contributed by atoms with Gasteiger partial charge in [-0.3, -0.25) is 24.0 Å². The number of hydrogen-bond donors (Lipinski definition) is 7. The first kappa shape index (κ1) is 28.2. The van der Waals surface area contributed by atoms with Crippen molar-refractivity contribution in [1.82, 2.24) is 21.3 Å². The lowest BCUT2D eigenvalue weighted by Gasteiger charge is -2.25. The van der Waals surface area contributed by atoms with Gasteiger partial charge in [-0.1, -0.05) is 30.3 Å². The van der Waals surface area contributed by atoms with Crippen LogP contribution in [0.4, 0.5) is 0 Å². The lowest BCUT2D eigenvalue weighted by Crippen LogP contribution is -2.57. The number of nitrogens with one attached hydrogen (secondary N) is 4. The van der Waals surface area contributed by atoms with E-state index >= 15 is 0 Å². The predicted molar refractivity (Wildman–Crippen MR) is 127 cm³/mol. The van der Waals surface area contributed by atoms with Crippen LogP contribution in [0.1, 0.15) is 37.7 Å². The number of hydrogen-bond acceptors (Lipinski definition) is 7. The molecular weight excluding hydrogens is 472 g/mol. The molecule has 0 saturated carbocycles. The van der Waals surface area contributed by atoms with Gasteiger partial charge in [0, 0.05) is 12.8 Å². The van der Waals surface area contributed by atoms with Crippen molar-refractivity contribution >= 4 is 35.5 Å². The number of carboxylic acid groups (broad SMARTS) is 1. The van der Waals surface area contributed by atoms with Crippen molar-refractivity contribution in [3.05, 3.63) is 35.9 Å². The summed E-state index contributed by atoms with van der Waals surface area (Å²) >= 11 is 0. The molecule has 36 heavy (non-hydrogen) atoms. The minimum atomic E-state index is -1.63. The molecule has 0 radical (unpaired) electrons. The number of carbonyl (C=O) groups excluding carboxylic acids is 5. The van der Waals surface area contributed by atoms with Crippen molar-refractivity contribution in [2.45, 2.75) is 62.7 Å². The van der Waals surface area contributed by atoms with E-state index in [0.29, 0.717) is 13.0 Å². The lowest BCUT2D eigenvalue weighted by molar-refractivity contribution is -0.144. The molecule has 0 aliphatic carbocycles. The third-order valence-electron chi connectivity index (χ3n) is 5.62. The number of primary amides is 2. The molecule has 1 aliphatic rings. The molecular formula is C23H32N6O7. The van der Waals surface area contributed by atoms with E-state index in [1.165, 1.54) is 0 Å². The Labute approximate surface area is 207 Å². The predicted octanol–water partition coefficient (Wildman–Crippen LogP) is -2.34. The molecule has 1 aliphatic heterocycles. The van der Waals surface area contributed by atoms with Gasteiger partial charge in [-0.15, -0.1) is 0 Å². The minimum absolute atomic E-state index is 0.120. The molecule has 0 spiro atoms. The van der Waals surface area contributed by atoms with Crippen LogP contribution in [-0.2, 0) is 35.2 Å². The summed E-state index contributed by atoms with van der Waals surface area (Å²) in [5.74, 6) is -5.21. The average Bonchev–Trinajstić information content (AvgIpc) is 3.36. The second-order valence-electron chi connectivity index (χ2n) is 8.54. The zero-order valence-corrected chi connectivity index (χ0v) is 19.7. The molecule has 1 fully saturated rings. The van der Waals surface area contributed by atoms with E-state index in [-0.39, 0.29) is 25.2 Å². The van der Waals surface area contributed by atoms with Gasteiger partial charge >= 0.3 is 5.97 Å². The first-order valence-electron chi connectivity index (χ1n) is 11.5. The summed E-state index contributed by atoms with van der Waals surface area (Å²) in [7, 11) is 0. The Bertz CT molecular complexity index is 965. The van der Waals surface area contributed by atoms with E-state index in [1.807, 2.05) is 0 Å². The number of carbonyl (C=O) groups is 6. The highest BCUT2D eigenvalue weighted by Crippen LogP contribution is 2.09. The van der Waals surface area contributed by atoms with Crippen LogP contribution in [0, 0.1) is 0 Å². The lowest BCUT2D eigenvalue weighted by atomic mass is 10.0. The van der Waals surface area contributed by atoms with Crippen molar-refractivity contribution in [3.63, 3.8) is 0 Å². The Morgan fingerprint density at radius 2 is 1.56 bits per heavy atom. The first-order valence-corrected chi connectivity index (χ1v) is 11.5. The fourth-order valence-corrected chi connectivity index (χ4v) is 3.74. The van der Waals surface area contributed by atoms with Gasteiger partial charge in [0.1, 0.15) is 18.1 Å². The Hall–Kier alpha value is -4.00. The summed E-state index contributed by atoms with van der Waals surface area (Å²) in [6, 6.07) is 4.40. The molecule has 5 amide bonds. The van der Waals surface area contributed by atoms with Crippen LogP contribution in [-0.4, -0.2) is 71.3 Å². The second-order valence-corrected chi connectivity index (χ2v) is 8.54. The molecule has 1 heterocycles. The summed E-state index contributed by atoms with van der Waals surface area (Å²) in [5, 5.41) is 19.7. The summed E-state index contributed by atoms with van der Waals surface area (Å²) in [4.78, 5) is 72.6. The van der Waals surface area contributed by atoms with E-state index < -0.39 is 60.2 Å². The van der Waals surface area contributed by atoms with Crippen molar-refractivity contribution in [3.8, 4) is 0 Å². The number of aliphatic carboxylic acids is 1. The molecule has 9 N–H and O–H groups in total. The van der Waals surface area contributed by atoms with Gasteiger partial charge in [0.25, 0.3) is 0 Å². The van der Waals surface area contributed by atoms with Gasteiger partial charge < -0.3 is 37.8 Å². The van der Waals surface area contributed by atoms with E-state index in [0.717, 1.165) is 12.0 Å². The summed E-state index contributed by atoms with van der Waals surface area (Å²) < 4.78 is 0. The smallest absolute Gasteiger partial charge is 0.326 e. The van der Waals surface area contributed by atoms with Crippen molar-refractivity contribution in [2.75, 3.05) is 6.54 Å². The maximum Gasteiger partial charge on any atom is 0.326 e. The monoisotopic (exact) mass is 504 g/mol. The Kier molecular flexibility index (Phi) is 10.8. The van der Waals surface area contributed by atoms with Gasteiger partial charge in [0.15, 0.2) is 0 Å². The number of carboxylic acids is 1. The molecule has 1 aromatic rings. The van der Waals surface area contributed by atoms with E-state index in [1.54, 1.807) is 30.3 Å². The molecule has 1 aromatic carbocycles. The number of rotatable bonds is 14. The third kappa shape index (κ3) is 9.33. The number of nitrogens with two attached hydrogens (primary N) is 2.